The molecule has 0 radical (unpaired) electrons. The van der Waals surface area contributed by atoms with Crippen molar-refractivity contribution in [3.05, 3.63) is 100 Å². The largest absolute Gasteiger partial charge is 0.378 e. The number of amides is 1. The minimum atomic E-state index is -0.0101. The molecule has 1 aliphatic heterocycles. The third kappa shape index (κ3) is 5.03. The summed E-state index contributed by atoms with van der Waals surface area (Å²) in [7, 11) is 4.11. The van der Waals surface area contributed by atoms with Gasteiger partial charge in [0.25, 0.3) is 5.91 Å². The third-order valence-corrected chi connectivity index (χ3v) is 6.34. The lowest BCUT2D eigenvalue weighted by molar-refractivity contribution is 0.0927. The van der Waals surface area contributed by atoms with E-state index in [9.17, 15) is 4.79 Å². The van der Waals surface area contributed by atoms with Crippen molar-refractivity contribution in [3.63, 3.8) is 0 Å². The van der Waals surface area contributed by atoms with Crippen molar-refractivity contribution in [2.45, 2.75) is 32.9 Å². The van der Waals surface area contributed by atoms with E-state index < -0.39 is 0 Å². The number of carbonyl (C=O) groups excluding carboxylic acids is 1. The molecule has 1 aliphatic rings. The zero-order valence-corrected chi connectivity index (χ0v) is 19.6. The van der Waals surface area contributed by atoms with Gasteiger partial charge in [-0.15, -0.1) is 0 Å². The van der Waals surface area contributed by atoms with Gasteiger partial charge >= 0.3 is 0 Å². The standard InChI is InChI=1S/C28H33N3O/c1-20-15-21(2)17-25(16-20)28(32)29-18-27(23-9-11-26(12-10-23)30(3)4)31-14-13-22-7-5-6-8-24(22)19-31/h5-12,15-17,27H,13-14,18-19H2,1-4H3,(H,29,32)/t27-/m0/s1. The average molecular weight is 428 g/mol. The molecule has 3 aromatic rings. The van der Waals surface area contributed by atoms with Crippen molar-refractivity contribution in [2.75, 3.05) is 32.1 Å². The van der Waals surface area contributed by atoms with Crippen LogP contribution < -0.4 is 10.2 Å². The van der Waals surface area contributed by atoms with E-state index in [4.69, 9.17) is 0 Å². The maximum absolute atomic E-state index is 13.0. The Morgan fingerprint density at radius 3 is 2.28 bits per heavy atom. The van der Waals surface area contributed by atoms with Crippen molar-refractivity contribution in [3.8, 4) is 0 Å². The van der Waals surface area contributed by atoms with Crippen LogP contribution in [0.15, 0.2) is 66.7 Å². The van der Waals surface area contributed by atoms with Crippen molar-refractivity contribution < 1.29 is 4.79 Å². The fraction of sp³-hybridized carbons (Fsp3) is 0.321. The SMILES string of the molecule is Cc1cc(C)cc(C(=O)NC[C@@H](c2ccc(N(C)C)cc2)N2CCc3ccccc3C2)c1. The first kappa shape index (κ1) is 22.1. The smallest absolute Gasteiger partial charge is 0.251 e. The lowest BCUT2D eigenvalue weighted by Crippen LogP contribution is -2.40. The molecule has 4 rings (SSSR count). The number of rotatable bonds is 6. The molecule has 0 bridgehead atoms. The molecule has 1 atom stereocenters. The number of anilines is 1. The molecule has 1 amide bonds. The van der Waals surface area contributed by atoms with E-state index in [-0.39, 0.29) is 11.9 Å². The highest BCUT2D eigenvalue weighted by molar-refractivity contribution is 5.94. The first-order valence-electron chi connectivity index (χ1n) is 11.4. The molecule has 0 aromatic heterocycles. The van der Waals surface area contributed by atoms with Gasteiger partial charge in [0.15, 0.2) is 0 Å². The second-order valence-electron chi connectivity index (χ2n) is 9.08. The van der Waals surface area contributed by atoms with Gasteiger partial charge in [-0.25, -0.2) is 0 Å². The lowest BCUT2D eigenvalue weighted by Gasteiger charge is -2.36. The van der Waals surface area contributed by atoms with E-state index in [0.29, 0.717) is 6.54 Å². The van der Waals surface area contributed by atoms with Crippen molar-refractivity contribution in [2.24, 2.45) is 0 Å². The van der Waals surface area contributed by atoms with Crippen molar-refractivity contribution in [1.29, 1.82) is 0 Å². The molecule has 32 heavy (non-hydrogen) atoms. The normalized spacial score (nSPS) is 14.5. The van der Waals surface area contributed by atoms with Gasteiger partial charge in [0.05, 0.1) is 6.04 Å². The Morgan fingerprint density at radius 2 is 1.62 bits per heavy atom. The molecule has 166 valence electrons. The van der Waals surface area contributed by atoms with Crippen LogP contribution in [-0.2, 0) is 13.0 Å². The number of aryl methyl sites for hydroxylation is 2. The fourth-order valence-corrected chi connectivity index (χ4v) is 4.63. The van der Waals surface area contributed by atoms with Gasteiger partial charge in [-0.2, -0.15) is 0 Å². The summed E-state index contributed by atoms with van der Waals surface area (Å²) < 4.78 is 0. The highest BCUT2D eigenvalue weighted by Crippen LogP contribution is 2.29. The van der Waals surface area contributed by atoms with Crippen LogP contribution in [0.2, 0.25) is 0 Å². The van der Waals surface area contributed by atoms with E-state index in [0.717, 1.165) is 36.2 Å². The number of fused-ring (bicyclic) bond motifs is 1. The number of hydrogen-bond donors (Lipinski definition) is 1. The molecule has 4 heteroatoms. The Balaban J connectivity index is 1.57. The van der Waals surface area contributed by atoms with Gasteiger partial charge < -0.3 is 10.2 Å². The summed E-state index contributed by atoms with van der Waals surface area (Å²) in [6, 6.07) is 23.5. The van der Waals surface area contributed by atoms with Crippen molar-refractivity contribution >= 4 is 11.6 Å². The summed E-state index contributed by atoms with van der Waals surface area (Å²) in [6.45, 7) is 6.52. The molecular weight excluding hydrogens is 394 g/mol. The minimum absolute atomic E-state index is 0.0101. The van der Waals surface area contributed by atoms with Gasteiger partial charge in [0, 0.05) is 45.0 Å². The lowest BCUT2D eigenvalue weighted by atomic mass is 9.96. The van der Waals surface area contributed by atoms with Crippen LogP contribution in [0.25, 0.3) is 0 Å². The first-order valence-corrected chi connectivity index (χ1v) is 11.4. The third-order valence-electron chi connectivity index (χ3n) is 6.34. The quantitative estimate of drug-likeness (QED) is 0.608. The van der Waals surface area contributed by atoms with E-state index in [1.54, 1.807) is 0 Å². The molecule has 0 saturated carbocycles. The van der Waals surface area contributed by atoms with Gasteiger partial charge in [0.2, 0.25) is 0 Å². The van der Waals surface area contributed by atoms with Crippen LogP contribution in [0.3, 0.4) is 0 Å². The number of benzene rings is 3. The summed E-state index contributed by atoms with van der Waals surface area (Å²) in [5.74, 6) is -0.0101. The molecule has 0 unspecified atom stereocenters. The Labute approximate surface area is 191 Å². The maximum atomic E-state index is 13.0. The molecule has 3 aromatic carbocycles. The topological polar surface area (TPSA) is 35.6 Å². The van der Waals surface area contributed by atoms with Gasteiger partial charge in [0.1, 0.15) is 0 Å². The molecular formula is C28H33N3O. The molecule has 0 aliphatic carbocycles. The Bertz CT molecular complexity index is 1070. The highest BCUT2D eigenvalue weighted by Gasteiger charge is 2.25. The summed E-state index contributed by atoms with van der Waals surface area (Å²) in [5.41, 5.74) is 8.18. The summed E-state index contributed by atoms with van der Waals surface area (Å²) in [5, 5.41) is 3.22. The van der Waals surface area contributed by atoms with Crippen LogP contribution in [0.1, 0.15) is 44.2 Å². The van der Waals surface area contributed by atoms with Crippen LogP contribution in [0.5, 0.6) is 0 Å². The maximum Gasteiger partial charge on any atom is 0.251 e. The molecule has 0 saturated heterocycles. The van der Waals surface area contributed by atoms with E-state index in [1.807, 2.05) is 26.0 Å². The van der Waals surface area contributed by atoms with Crippen LogP contribution in [0, 0.1) is 13.8 Å². The number of nitrogens with one attached hydrogen (secondary N) is 1. The molecule has 4 nitrogen and oxygen atoms in total. The molecule has 0 spiro atoms. The number of nitrogens with zero attached hydrogens (tertiary/aromatic N) is 2. The predicted octanol–water partition coefficient (Wildman–Crippen LogP) is 4.90. The van der Waals surface area contributed by atoms with E-state index in [2.05, 4.69) is 83.8 Å². The zero-order valence-electron chi connectivity index (χ0n) is 19.6. The fourth-order valence-electron chi connectivity index (χ4n) is 4.63. The van der Waals surface area contributed by atoms with Gasteiger partial charge in [-0.3, -0.25) is 9.69 Å². The summed E-state index contributed by atoms with van der Waals surface area (Å²) >= 11 is 0. The Morgan fingerprint density at radius 1 is 0.969 bits per heavy atom. The molecule has 1 N–H and O–H groups in total. The zero-order chi connectivity index (χ0) is 22.7. The van der Waals surface area contributed by atoms with Gasteiger partial charge in [-0.05, 0) is 61.2 Å². The summed E-state index contributed by atoms with van der Waals surface area (Å²) in [4.78, 5) is 17.6. The monoisotopic (exact) mass is 427 g/mol. The highest BCUT2D eigenvalue weighted by atomic mass is 16.1. The Kier molecular flexibility index (Phi) is 6.61. The van der Waals surface area contributed by atoms with Crippen LogP contribution in [-0.4, -0.2) is 38.0 Å². The second kappa shape index (κ2) is 9.58. The molecule has 1 heterocycles. The van der Waals surface area contributed by atoms with E-state index in [1.165, 1.54) is 22.4 Å². The number of hydrogen-bond acceptors (Lipinski definition) is 3. The predicted molar refractivity (Wildman–Crippen MR) is 132 cm³/mol. The van der Waals surface area contributed by atoms with Crippen LogP contribution in [0.4, 0.5) is 5.69 Å². The van der Waals surface area contributed by atoms with Crippen molar-refractivity contribution in [1.82, 2.24) is 10.2 Å². The summed E-state index contributed by atoms with van der Waals surface area (Å²) in [6.07, 6.45) is 1.04. The second-order valence-corrected chi connectivity index (χ2v) is 9.08. The minimum Gasteiger partial charge on any atom is -0.378 e. The van der Waals surface area contributed by atoms with Crippen LogP contribution >= 0.6 is 0 Å². The average Bonchev–Trinajstić information content (AvgIpc) is 2.78. The van der Waals surface area contributed by atoms with Gasteiger partial charge in [-0.1, -0.05) is 53.6 Å². The number of carbonyl (C=O) groups is 1. The Hall–Kier alpha value is -3.11. The molecule has 0 fully saturated rings. The van der Waals surface area contributed by atoms with E-state index >= 15 is 0 Å². The first-order chi connectivity index (χ1) is 15.4.